The largest absolute Gasteiger partial charge is 0.310 e. The molecule has 6 saturated carbocycles. The topological polar surface area (TPSA) is 12.0 Å². The Hall–Kier alpha value is -0.0400. The van der Waals surface area contributed by atoms with E-state index in [1.54, 1.807) is 44.9 Å². The van der Waals surface area contributed by atoms with Crippen molar-refractivity contribution in [2.45, 2.75) is 69.9 Å². The predicted molar refractivity (Wildman–Crippen MR) is 73.2 cm³/mol. The van der Waals surface area contributed by atoms with Gasteiger partial charge in [-0.2, -0.15) is 0 Å². The van der Waals surface area contributed by atoms with E-state index in [4.69, 9.17) is 0 Å². The molecule has 3 atom stereocenters. The van der Waals surface area contributed by atoms with Crippen LogP contribution < -0.4 is 5.32 Å². The molecule has 3 unspecified atom stereocenters. The first kappa shape index (κ1) is 10.7. The summed E-state index contributed by atoms with van der Waals surface area (Å²) in [6, 6.07) is 1.86. The lowest BCUT2D eigenvalue weighted by molar-refractivity contribution is -0.0199. The van der Waals surface area contributed by atoms with Crippen LogP contribution in [0.15, 0.2) is 0 Å². The van der Waals surface area contributed by atoms with Crippen LogP contribution in [0.2, 0.25) is 0 Å². The molecule has 6 aliphatic rings. The highest BCUT2D eigenvalue weighted by atomic mass is 15.0. The molecule has 1 nitrogen and oxygen atoms in total. The molecule has 4 bridgehead atoms. The summed E-state index contributed by atoms with van der Waals surface area (Å²) in [5.74, 6) is 6.63. The summed E-state index contributed by atoms with van der Waals surface area (Å²) in [5, 5.41) is 4.19. The van der Waals surface area contributed by atoms with Crippen LogP contribution in [-0.4, -0.2) is 12.1 Å². The Morgan fingerprint density at radius 3 is 2.11 bits per heavy atom. The fourth-order valence-corrected chi connectivity index (χ4v) is 6.56. The molecule has 1 N–H and O–H groups in total. The molecule has 0 aromatic heterocycles. The zero-order valence-electron chi connectivity index (χ0n) is 11.5. The molecule has 0 aliphatic heterocycles. The maximum Gasteiger partial charge on any atom is 0.0127 e. The van der Waals surface area contributed by atoms with Crippen molar-refractivity contribution in [3.05, 3.63) is 0 Å². The molecule has 0 spiro atoms. The van der Waals surface area contributed by atoms with Crippen LogP contribution >= 0.6 is 0 Å². The van der Waals surface area contributed by atoms with E-state index in [0.29, 0.717) is 0 Å². The van der Waals surface area contributed by atoms with Crippen molar-refractivity contribution >= 4 is 0 Å². The SMILES string of the molecule is C1CC2CC2C(NC2C3CC4CC(C3)CC2C4)C1. The van der Waals surface area contributed by atoms with Crippen molar-refractivity contribution < 1.29 is 0 Å². The number of rotatable bonds is 2. The van der Waals surface area contributed by atoms with E-state index in [1.807, 2.05) is 0 Å². The molecule has 0 heterocycles. The fraction of sp³-hybridized carbons (Fsp3) is 1.00. The van der Waals surface area contributed by atoms with Gasteiger partial charge in [0, 0.05) is 12.1 Å². The Labute approximate surface area is 111 Å². The number of nitrogens with one attached hydrogen (secondary N) is 1. The van der Waals surface area contributed by atoms with Gasteiger partial charge < -0.3 is 5.32 Å². The molecule has 6 rings (SSSR count). The van der Waals surface area contributed by atoms with Crippen LogP contribution in [0.1, 0.15) is 57.8 Å². The molecular formula is C17H27N. The third kappa shape index (κ3) is 1.55. The van der Waals surface area contributed by atoms with Crippen LogP contribution in [0.3, 0.4) is 0 Å². The van der Waals surface area contributed by atoms with Crippen molar-refractivity contribution in [3.63, 3.8) is 0 Å². The van der Waals surface area contributed by atoms with Gasteiger partial charge in [-0.3, -0.25) is 0 Å². The lowest BCUT2D eigenvalue weighted by atomic mass is 9.54. The van der Waals surface area contributed by atoms with Gasteiger partial charge in [-0.1, -0.05) is 12.8 Å². The van der Waals surface area contributed by atoms with E-state index >= 15 is 0 Å². The highest BCUT2D eigenvalue weighted by Gasteiger charge is 2.51. The molecule has 6 aliphatic carbocycles. The minimum absolute atomic E-state index is 0.922. The van der Waals surface area contributed by atoms with Gasteiger partial charge >= 0.3 is 0 Å². The smallest absolute Gasteiger partial charge is 0.0127 e. The summed E-state index contributed by atoms with van der Waals surface area (Å²) in [4.78, 5) is 0. The lowest BCUT2D eigenvalue weighted by Gasteiger charge is -2.55. The van der Waals surface area contributed by atoms with Gasteiger partial charge in [-0.05, 0) is 80.5 Å². The highest BCUT2D eigenvalue weighted by Crippen LogP contribution is 2.55. The second-order valence-electron chi connectivity index (χ2n) is 8.32. The van der Waals surface area contributed by atoms with Gasteiger partial charge in [0.05, 0.1) is 0 Å². The molecule has 0 radical (unpaired) electrons. The molecular weight excluding hydrogens is 218 g/mol. The van der Waals surface area contributed by atoms with Crippen molar-refractivity contribution in [1.82, 2.24) is 5.32 Å². The first-order chi connectivity index (χ1) is 8.87. The van der Waals surface area contributed by atoms with Crippen LogP contribution in [0, 0.1) is 35.5 Å². The zero-order valence-corrected chi connectivity index (χ0v) is 11.5. The van der Waals surface area contributed by atoms with E-state index in [9.17, 15) is 0 Å². The summed E-state index contributed by atoms with van der Waals surface area (Å²) < 4.78 is 0. The number of fused-ring (bicyclic) bond motifs is 1. The minimum Gasteiger partial charge on any atom is -0.310 e. The van der Waals surface area contributed by atoms with E-state index in [1.165, 1.54) is 12.8 Å². The van der Waals surface area contributed by atoms with Gasteiger partial charge in [0.2, 0.25) is 0 Å². The fourth-order valence-electron chi connectivity index (χ4n) is 6.56. The van der Waals surface area contributed by atoms with Crippen molar-refractivity contribution in [2.24, 2.45) is 35.5 Å². The van der Waals surface area contributed by atoms with Crippen molar-refractivity contribution in [1.29, 1.82) is 0 Å². The van der Waals surface area contributed by atoms with Crippen LogP contribution in [-0.2, 0) is 0 Å². The molecule has 0 amide bonds. The average Bonchev–Trinajstić information content (AvgIpc) is 3.12. The normalized spacial score (nSPS) is 60.7. The standard InChI is InChI=1S/C17H27N/c1-2-12-9-15(12)16(3-1)18-17-13-5-10-4-11(7-13)8-14(17)6-10/h10-18H,1-9H2. The van der Waals surface area contributed by atoms with Crippen molar-refractivity contribution in [3.8, 4) is 0 Å². The Bertz CT molecular complexity index is 322. The molecule has 0 saturated heterocycles. The second-order valence-corrected chi connectivity index (χ2v) is 8.32. The summed E-state index contributed by atoms with van der Waals surface area (Å²) in [5.41, 5.74) is 0. The lowest BCUT2D eigenvalue weighted by Crippen LogP contribution is -2.57. The summed E-state index contributed by atoms with van der Waals surface area (Å²) in [7, 11) is 0. The Morgan fingerprint density at radius 2 is 1.39 bits per heavy atom. The number of hydrogen-bond donors (Lipinski definition) is 1. The third-order valence-corrected chi connectivity index (χ3v) is 7.22. The first-order valence-corrected chi connectivity index (χ1v) is 8.63. The van der Waals surface area contributed by atoms with E-state index in [2.05, 4.69) is 5.32 Å². The van der Waals surface area contributed by atoms with Gasteiger partial charge in [-0.25, -0.2) is 0 Å². The Kier molecular flexibility index (Phi) is 2.23. The maximum absolute atomic E-state index is 4.19. The molecule has 1 heteroatoms. The van der Waals surface area contributed by atoms with E-state index in [0.717, 1.165) is 47.6 Å². The van der Waals surface area contributed by atoms with Gasteiger partial charge in [-0.15, -0.1) is 0 Å². The average molecular weight is 245 g/mol. The van der Waals surface area contributed by atoms with Crippen LogP contribution in [0.5, 0.6) is 0 Å². The maximum atomic E-state index is 4.19. The molecule has 100 valence electrons. The molecule has 0 aromatic carbocycles. The summed E-state index contributed by atoms with van der Waals surface area (Å²) in [6.07, 6.45) is 14.0. The molecule has 6 fully saturated rings. The van der Waals surface area contributed by atoms with E-state index in [-0.39, 0.29) is 0 Å². The van der Waals surface area contributed by atoms with Crippen LogP contribution in [0.25, 0.3) is 0 Å². The predicted octanol–water partition coefficient (Wildman–Crippen LogP) is 3.59. The highest BCUT2D eigenvalue weighted by molar-refractivity contribution is 5.05. The second kappa shape index (κ2) is 3.75. The van der Waals surface area contributed by atoms with Crippen molar-refractivity contribution in [2.75, 3.05) is 0 Å². The minimum atomic E-state index is 0.922. The van der Waals surface area contributed by atoms with Gasteiger partial charge in [0.1, 0.15) is 0 Å². The number of hydrogen-bond acceptors (Lipinski definition) is 1. The van der Waals surface area contributed by atoms with Gasteiger partial charge in [0.15, 0.2) is 0 Å². The Morgan fingerprint density at radius 1 is 0.667 bits per heavy atom. The molecule has 0 aromatic rings. The van der Waals surface area contributed by atoms with Gasteiger partial charge in [0.25, 0.3) is 0 Å². The molecule has 18 heavy (non-hydrogen) atoms. The third-order valence-electron chi connectivity index (χ3n) is 7.22. The first-order valence-electron chi connectivity index (χ1n) is 8.63. The zero-order chi connectivity index (χ0) is 11.7. The quantitative estimate of drug-likeness (QED) is 0.784. The monoisotopic (exact) mass is 245 g/mol. The van der Waals surface area contributed by atoms with E-state index < -0.39 is 0 Å². The summed E-state index contributed by atoms with van der Waals surface area (Å²) in [6.45, 7) is 0. The summed E-state index contributed by atoms with van der Waals surface area (Å²) >= 11 is 0. The Balaban J connectivity index is 1.32. The van der Waals surface area contributed by atoms with Crippen LogP contribution in [0.4, 0.5) is 0 Å².